The molecule has 0 aliphatic rings. The smallest absolute Gasteiger partial charge is 0.255 e. The summed E-state index contributed by atoms with van der Waals surface area (Å²) in [5.74, 6) is -0.0698. The summed E-state index contributed by atoms with van der Waals surface area (Å²) in [6, 6.07) is 23.2. The van der Waals surface area contributed by atoms with Crippen LogP contribution in [-0.4, -0.2) is 22.8 Å². The summed E-state index contributed by atoms with van der Waals surface area (Å²) in [7, 11) is 1.58. The van der Waals surface area contributed by atoms with Gasteiger partial charge in [0, 0.05) is 17.3 Å². The van der Waals surface area contributed by atoms with Crippen LogP contribution in [0.1, 0.15) is 34.5 Å². The molecule has 4 aromatic rings. The first-order valence-electron chi connectivity index (χ1n) is 10.4. The second-order valence-electron chi connectivity index (χ2n) is 7.49. The van der Waals surface area contributed by atoms with Crippen molar-refractivity contribution in [2.45, 2.75) is 19.5 Å². The average molecular weight is 429 g/mol. The third kappa shape index (κ3) is 4.54. The zero-order valence-electron chi connectivity index (χ0n) is 18.0. The fourth-order valence-corrected chi connectivity index (χ4v) is 3.66. The zero-order chi connectivity index (χ0) is 22.5. The Morgan fingerprint density at radius 3 is 2.47 bits per heavy atom. The molecule has 1 heterocycles. The standard InChI is InChI=1S/C26H24FN3O2/c1-18(20-12-6-8-14-23(20)27)28-26(31)22-17-30(16-19-10-4-3-5-11-19)29-25(22)21-13-7-9-15-24(21)32-2/h3-15,17-18H,16H2,1-2H3,(H,28,31)/t18-/m0/s1. The summed E-state index contributed by atoms with van der Waals surface area (Å²) < 4.78 is 21.4. The number of nitrogens with zero attached hydrogens (tertiary/aromatic N) is 2. The molecule has 5 nitrogen and oxygen atoms in total. The molecule has 4 rings (SSSR count). The summed E-state index contributed by atoms with van der Waals surface area (Å²) in [5, 5.41) is 7.61. The molecule has 0 aliphatic heterocycles. The van der Waals surface area contributed by atoms with Crippen molar-refractivity contribution in [3.63, 3.8) is 0 Å². The fourth-order valence-electron chi connectivity index (χ4n) is 3.66. The van der Waals surface area contributed by atoms with E-state index in [-0.39, 0.29) is 11.7 Å². The number of benzene rings is 3. The van der Waals surface area contributed by atoms with Crippen LogP contribution in [-0.2, 0) is 6.54 Å². The van der Waals surface area contributed by atoms with Gasteiger partial charge < -0.3 is 10.1 Å². The zero-order valence-corrected chi connectivity index (χ0v) is 18.0. The SMILES string of the molecule is COc1ccccc1-c1nn(Cc2ccccc2)cc1C(=O)N[C@@H](C)c1ccccc1F. The van der Waals surface area contributed by atoms with E-state index in [1.807, 2.05) is 54.6 Å². The van der Waals surface area contributed by atoms with Crippen molar-refractivity contribution in [3.8, 4) is 17.0 Å². The summed E-state index contributed by atoms with van der Waals surface area (Å²) in [5.41, 5.74) is 3.11. The Bertz CT molecular complexity index is 1220. The van der Waals surface area contributed by atoms with Gasteiger partial charge in [-0.05, 0) is 30.7 Å². The highest BCUT2D eigenvalue weighted by atomic mass is 19.1. The highest BCUT2D eigenvalue weighted by Gasteiger charge is 2.23. The van der Waals surface area contributed by atoms with E-state index < -0.39 is 6.04 Å². The Kier molecular flexibility index (Phi) is 6.31. The van der Waals surface area contributed by atoms with Crippen molar-refractivity contribution in [3.05, 3.63) is 108 Å². The minimum atomic E-state index is -0.508. The van der Waals surface area contributed by atoms with Gasteiger partial charge in [0.05, 0.1) is 25.3 Å². The van der Waals surface area contributed by atoms with Crippen LogP contribution in [0.3, 0.4) is 0 Å². The molecule has 0 radical (unpaired) electrons. The molecule has 0 saturated heterocycles. The van der Waals surface area contributed by atoms with Crippen LogP contribution in [0.5, 0.6) is 5.75 Å². The lowest BCUT2D eigenvalue weighted by atomic mass is 10.0. The third-order valence-corrected chi connectivity index (χ3v) is 5.28. The number of carbonyl (C=O) groups excluding carboxylic acids is 1. The van der Waals surface area contributed by atoms with Gasteiger partial charge in [-0.2, -0.15) is 5.10 Å². The van der Waals surface area contributed by atoms with Crippen molar-refractivity contribution in [1.29, 1.82) is 0 Å². The topological polar surface area (TPSA) is 56.2 Å². The number of methoxy groups -OCH3 is 1. The van der Waals surface area contributed by atoms with Gasteiger partial charge in [0.15, 0.2) is 0 Å². The molecule has 0 fully saturated rings. The lowest BCUT2D eigenvalue weighted by molar-refractivity contribution is 0.0940. The van der Waals surface area contributed by atoms with Crippen molar-refractivity contribution in [2.24, 2.45) is 0 Å². The molecular weight excluding hydrogens is 405 g/mol. The number of carbonyl (C=O) groups is 1. The minimum absolute atomic E-state index is 0.332. The van der Waals surface area contributed by atoms with Crippen molar-refractivity contribution < 1.29 is 13.9 Å². The van der Waals surface area contributed by atoms with E-state index in [1.165, 1.54) is 6.07 Å². The molecule has 162 valence electrons. The van der Waals surface area contributed by atoms with Crippen molar-refractivity contribution in [1.82, 2.24) is 15.1 Å². The fraction of sp³-hybridized carbons (Fsp3) is 0.154. The molecule has 6 heteroatoms. The van der Waals surface area contributed by atoms with Crippen molar-refractivity contribution >= 4 is 5.91 Å². The first-order valence-corrected chi connectivity index (χ1v) is 10.4. The molecule has 1 amide bonds. The molecule has 32 heavy (non-hydrogen) atoms. The lowest BCUT2D eigenvalue weighted by Crippen LogP contribution is -2.27. The van der Waals surface area contributed by atoms with E-state index in [0.29, 0.717) is 34.7 Å². The van der Waals surface area contributed by atoms with Crippen LogP contribution < -0.4 is 10.1 Å². The van der Waals surface area contributed by atoms with Gasteiger partial charge in [-0.1, -0.05) is 60.7 Å². The lowest BCUT2D eigenvalue weighted by Gasteiger charge is -2.15. The molecule has 0 saturated carbocycles. The molecule has 0 aliphatic carbocycles. The van der Waals surface area contributed by atoms with E-state index in [0.717, 1.165) is 5.56 Å². The van der Waals surface area contributed by atoms with Crippen LogP contribution in [0.4, 0.5) is 4.39 Å². The number of halogens is 1. The van der Waals surface area contributed by atoms with Crippen LogP contribution in [0.25, 0.3) is 11.3 Å². The van der Waals surface area contributed by atoms with Gasteiger partial charge in [0.25, 0.3) is 5.91 Å². The van der Waals surface area contributed by atoms with Gasteiger partial charge in [0.1, 0.15) is 17.3 Å². The Labute approximate surface area is 186 Å². The van der Waals surface area contributed by atoms with Gasteiger partial charge in [-0.25, -0.2) is 4.39 Å². The summed E-state index contributed by atoms with van der Waals surface area (Å²) >= 11 is 0. The summed E-state index contributed by atoms with van der Waals surface area (Å²) in [4.78, 5) is 13.3. The number of aromatic nitrogens is 2. The highest BCUT2D eigenvalue weighted by Crippen LogP contribution is 2.31. The van der Waals surface area contributed by atoms with Crippen LogP contribution in [0.2, 0.25) is 0 Å². The maximum Gasteiger partial charge on any atom is 0.255 e. The molecular formula is C26H24FN3O2. The van der Waals surface area contributed by atoms with E-state index in [4.69, 9.17) is 9.84 Å². The van der Waals surface area contributed by atoms with Crippen LogP contribution in [0, 0.1) is 5.82 Å². The van der Waals surface area contributed by atoms with Crippen LogP contribution >= 0.6 is 0 Å². The largest absolute Gasteiger partial charge is 0.496 e. The second kappa shape index (κ2) is 9.47. The van der Waals surface area contributed by atoms with Gasteiger partial charge in [0.2, 0.25) is 0 Å². The van der Waals surface area contributed by atoms with Gasteiger partial charge in [-0.3, -0.25) is 9.48 Å². The highest BCUT2D eigenvalue weighted by molar-refractivity contribution is 6.00. The maximum atomic E-state index is 14.2. The Morgan fingerprint density at radius 2 is 1.72 bits per heavy atom. The maximum absolute atomic E-state index is 14.2. The number of rotatable bonds is 7. The quantitative estimate of drug-likeness (QED) is 0.437. The number of hydrogen-bond donors (Lipinski definition) is 1. The molecule has 1 N–H and O–H groups in total. The second-order valence-corrected chi connectivity index (χ2v) is 7.49. The van der Waals surface area contributed by atoms with E-state index >= 15 is 0 Å². The van der Waals surface area contributed by atoms with E-state index in [9.17, 15) is 9.18 Å². The number of amides is 1. The first kappa shape index (κ1) is 21.3. The number of para-hydroxylation sites is 1. The summed E-state index contributed by atoms with van der Waals surface area (Å²) in [6.45, 7) is 2.27. The van der Waals surface area contributed by atoms with Gasteiger partial charge >= 0.3 is 0 Å². The van der Waals surface area contributed by atoms with Crippen molar-refractivity contribution in [2.75, 3.05) is 7.11 Å². The Morgan fingerprint density at radius 1 is 1.03 bits per heavy atom. The monoisotopic (exact) mass is 429 g/mol. The molecule has 1 aromatic heterocycles. The molecule has 0 spiro atoms. The van der Waals surface area contributed by atoms with Crippen LogP contribution in [0.15, 0.2) is 85.1 Å². The molecule has 0 bridgehead atoms. The number of ether oxygens (including phenoxy) is 1. The molecule has 3 aromatic carbocycles. The molecule has 1 atom stereocenters. The van der Waals surface area contributed by atoms with E-state index in [2.05, 4.69) is 5.32 Å². The Balaban J connectivity index is 1.70. The average Bonchev–Trinajstić information content (AvgIpc) is 3.23. The molecule has 0 unspecified atom stereocenters. The predicted molar refractivity (Wildman–Crippen MR) is 122 cm³/mol. The van der Waals surface area contributed by atoms with Gasteiger partial charge in [-0.15, -0.1) is 0 Å². The first-order chi connectivity index (χ1) is 15.6. The Hall–Kier alpha value is -3.93. The third-order valence-electron chi connectivity index (χ3n) is 5.28. The number of nitrogens with one attached hydrogen (secondary N) is 1. The number of hydrogen-bond acceptors (Lipinski definition) is 3. The normalized spacial score (nSPS) is 11.7. The van der Waals surface area contributed by atoms with E-state index in [1.54, 1.807) is 43.1 Å². The minimum Gasteiger partial charge on any atom is -0.496 e. The predicted octanol–water partition coefficient (Wildman–Crippen LogP) is 5.24. The summed E-state index contributed by atoms with van der Waals surface area (Å²) in [6.07, 6.45) is 1.72.